The molecule has 3 aromatic rings. The summed E-state index contributed by atoms with van der Waals surface area (Å²) in [6, 6.07) is 0.266. The molecule has 0 N–H and O–H groups in total. The molecule has 0 aromatic carbocycles. The maximum absolute atomic E-state index is 5.44. The molecule has 4 heterocycles. The smallest absolute Gasteiger partial charge is 0.228 e. The van der Waals surface area contributed by atoms with Crippen molar-refractivity contribution in [2.75, 3.05) is 31.2 Å². The Labute approximate surface area is 139 Å². The lowest BCUT2D eigenvalue weighted by molar-refractivity contribution is 0.122. The van der Waals surface area contributed by atoms with Gasteiger partial charge in [-0.3, -0.25) is 0 Å². The summed E-state index contributed by atoms with van der Waals surface area (Å²) in [5.74, 6) is 0.701. The van der Waals surface area contributed by atoms with Gasteiger partial charge >= 0.3 is 0 Å². The second kappa shape index (κ2) is 6.12. The van der Waals surface area contributed by atoms with Crippen molar-refractivity contribution in [3.05, 3.63) is 25.0 Å². The van der Waals surface area contributed by atoms with E-state index in [1.165, 1.54) is 6.33 Å². The number of anilines is 1. The monoisotopic (exact) mass is 325 g/mol. The van der Waals surface area contributed by atoms with Crippen molar-refractivity contribution >= 4 is 17.1 Å². The molecule has 1 aliphatic heterocycles. The first-order valence-corrected chi connectivity index (χ1v) is 8.06. The molecule has 0 saturated carbocycles. The normalized spacial score (nSPS) is 15.4. The molecule has 1 aliphatic rings. The molecule has 0 radical (unpaired) electrons. The van der Waals surface area contributed by atoms with Crippen LogP contribution in [-0.4, -0.2) is 55.8 Å². The van der Waals surface area contributed by atoms with E-state index in [0.717, 1.165) is 35.5 Å². The number of rotatable bonds is 3. The molecule has 0 unspecified atom stereocenters. The molecule has 124 valence electrons. The molecule has 8 heteroatoms. The van der Waals surface area contributed by atoms with E-state index in [2.05, 4.69) is 38.3 Å². The minimum atomic E-state index is 0.266. The van der Waals surface area contributed by atoms with Crippen LogP contribution in [0.15, 0.2) is 25.0 Å². The molecule has 1 fully saturated rings. The van der Waals surface area contributed by atoms with Gasteiger partial charge in [0.15, 0.2) is 5.65 Å². The molecule has 1 saturated heterocycles. The van der Waals surface area contributed by atoms with E-state index >= 15 is 0 Å². The van der Waals surface area contributed by atoms with E-state index in [4.69, 9.17) is 14.7 Å². The Balaban J connectivity index is 1.92. The van der Waals surface area contributed by atoms with Crippen molar-refractivity contribution in [1.29, 1.82) is 0 Å². The molecular weight excluding hydrogens is 306 g/mol. The maximum Gasteiger partial charge on any atom is 0.228 e. The summed E-state index contributed by atoms with van der Waals surface area (Å²) >= 11 is 0. The number of ether oxygens (including phenoxy) is 1. The quantitative estimate of drug-likeness (QED) is 0.725. The van der Waals surface area contributed by atoms with Crippen LogP contribution in [0.2, 0.25) is 0 Å². The van der Waals surface area contributed by atoms with Gasteiger partial charge in [-0.2, -0.15) is 4.98 Å². The first-order valence-electron chi connectivity index (χ1n) is 8.06. The number of nitrogens with zero attached hydrogens (tertiary/aromatic N) is 7. The van der Waals surface area contributed by atoms with Gasteiger partial charge in [0.25, 0.3) is 0 Å². The second-order valence-corrected chi connectivity index (χ2v) is 6.02. The molecule has 0 aliphatic carbocycles. The third-order valence-electron chi connectivity index (χ3n) is 4.09. The Morgan fingerprint density at radius 1 is 1.08 bits per heavy atom. The SMILES string of the molecule is CC(C)n1cnc2c(-c3cncnc3)nc(N3CCOCC3)nc21. The average molecular weight is 325 g/mol. The fraction of sp³-hybridized carbons (Fsp3) is 0.438. The van der Waals surface area contributed by atoms with E-state index < -0.39 is 0 Å². The first kappa shape index (κ1) is 14.9. The minimum absolute atomic E-state index is 0.266. The lowest BCUT2D eigenvalue weighted by atomic mass is 10.2. The fourth-order valence-electron chi connectivity index (χ4n) is 2.81. The van der Waals surface area contributed by atoms with E-state index in [1.54, 1.807) is 12.4 Å². The molecular formula is C16H19N7O. The maximum atomic E-state index is 5.44. The van der Waals surface area contributed by atoms with Crippen LogP contribution in [0.1, 0.15) is 19.9 Å². The van der Waals surface area contributed by atoms with E-state index in [9.17, 15) is 0 Å². The highest BCUT2D eigenvalue weighted by Gasteiger charge is 2.20. The van der Waals surface area contributed by atoms with Crippen LogP contribution in [-0.2, 0) is 4.74 Å². The van der Waals surface area contributed by atoms with E-state index in [0.29, 0.717) is 19.2 Å². The Hall–Kier alpha value is -2.61. The van der Waals surface area contributed by atoms with E-state index in [-0.39, 0.29) is 6.04 Å². The largest absolute Gasteiger partial charge is 0.378 e. The van der Waals surface area contributed by atoms with Gasteiger partial charge in [-0.1, -0.05) is 0 Å². The van der Waals surface area contributed by atoms with Crippen LogP contribution < -0.4 is 4.90 Å². The number of hydrogen-bond donors (Lipinski definition) is 0. The number of imidazole rings is 1. The minimum Gasteiger partial charge on any atom is -0.378 e. The third-order valence-corrected chi connectivity index (χ3v) is 4.09. The number of morpholine rings is 1. The standard InChI is InChI=1S/C16H19N7O/c1-11(2)23-10-19-14-13(12-7-17-9-18-8-12)20-16(21-15(14)23)22-3-5-24-6-4-22/h7-11H,3-6H2,1-2H3. The van der Waals surface area contributed by atoms with Crippen molar-refractivity contribution < 1.29 is 4.74 Å². The Morgan fingerprint density at radius 2 is 1.83 bits per heavy atom. The van der Waals surface area contributed by atoms with Gasteiger partial charge in [0.05, 0.1) is 19.5 Å². The molecule has 0 bridgehead atoms. The summed E-state index contributed by atoms with van der Waals surface area (Å²) in [6.07, 6.45) is 6.84. The van der Waals surface area contributed by atoms with Crippen LogP contribution >= 0.6 is 0 Å². The van der Waals surface area contributed by atoms with Crippen LogP contribution in [0.5, 0.6) is 0 Å². The molecule has 0 atom stereocenters. The van der Waals surface area contributed by atoms with Crippen LogP contribution in [0.25, 0.3) is 22.4 Å². The first-order chi connectivity index (χ1) is 11.7. The molecule has 24 heavy (non-hydrogen) atoms. The summed E-state index contributed by atoms with van der Waals surface area (Å²) in [5, 5.41) is 0. The summed E-state index contributed by atoms with van der Waals surface area (Å²) < 4.78 is 7.50. The zero-order valence-electron chi connectivity index (χ0n) is 13.8. The molecule has 0 amide bonds. The van der Waals surface area contributed by atoms with Crippen LogP contribution in [0.4, 0.5) is 5.95 Å². The highest BCUT2D eigenvalue weighted by molar-refractivity contribution is 5.88. The van der Waals surface area contributed by atoms with Gasteiger partial charge in [-0.05, 0) is 13.8 Å². The summed E-state index contributed by atoms with van der Waals surface area (Å²) in [6.45, 7) is 7.17. The molecule has 8 nitrogen and oxygen atoms in total. The lowest BCUT2D eigenvalue weighted by Crippen LogP contribution is -2.37. The van der Waals surface area contributed by atoms with Gasteiger partial charge in [0, 0.05) is 37.1 Å². The van der Waals surface area contributed by atoms with Crippen molar-refractivity contribution in [3.8, 4) is 11.3 Å². The average Bonchev–Trinajstić information content (AvgIpc) is 3.06. The summed E-state index contributed by atoms with van der Waals surface area (Å²) in [4.78, 5) is 24.5. The highest BCUT2D eigenvalue weighted by atomic mass is 16.5. The van der Waals surface area contributed by atoms with Gasteiger partial charge in [-0.25, -0.2) is 19.9 Å². The van der Waals surface area contributed by atoms with Gasteiger partial charge in [0.2, 0.25) is 5.95 Å². The second-order valence-electron chi connectivity index (χ2n) is 6.02. The highest BCUT2D eigenvalue weighted by Crippen LogP contribution is 2.28. The van der Waals surface area contributed by atoms with Crippen molar-refractivity contribution in [2.24, 2.45) is 0 Å². The Bertz CT molecular complexity index is 840. The molecule has 3 aromatic heterocycles. The van der Waals surface area contributed by atoms with Gasteiger partial charge in [0.1, 0.15) is 17.5 Å². The van der Waals surface area contributed by atoms with Gasteiger partial charge < -0.3 is 14.2 Å². The third kappa shape index (κ3) is 2.58. The number of fused-ring (bicyclic) bond motifs is 1. The van der Waals surface area contributed by atoms with E-state index in [1.807, 2.05) is 6.33 Å². The number of aromatic nitrogens is 6. The topological polar surface area (TPSA) is 81.9 Å². The van der Waals surface area contributed by atoms with Crippen molar-refractivity contribution in [2.45, 2.75) is 19.9 Å². The Morgan fingerprint density at radius 3 is 2.54 bits per heavy atom. The molecule has 0 spiro atoms. The van der Waals surface area contributed by atoms with Crippen LogP contribution in [0.3, 0.4) is 0 Å². The fourth-order valence-corrected chi connectivity index (χ4v) is 2.81. The summed E-state index contributed by atoms with van der Waals surface area (Å²) in [7, 11) is 0. The number of hydrogen-bond acceptors (Lipinski definition) is 7. The van der Waals surface area contributed by atoms with Gasteiger partial charge in [-0.15, -0.1) is 0 Å². The van der Waals surface area contributed by atoms with Crippen molar-refractivity contribution in [1.82, 2.24) is 29.5 Å². The Kier molecular flexibility index (Phi) is 3.81. The van der Waals surface area contributed by atoms with Crippen LogP contribution in [0, 0.1) is 0 Å². The zero-order chi connectivity index (χ0) is 16.5. The predicted molar refractivity (Wildman–Crippen MR) is 89.8 cm³/mol. The zero-order valence-corrected chi connectivity index (χ0v) is 13.8. The predicted octanol–water partition coefficient (Wildman–Crippen LogP) is 1.70. The lowest BCUT2D eigenvalue weighted by Gasteiger charge is -2.27. The summed E-state index contributed by atoms with van der Waals surface area (Å²) in [5.41, 5.74) is 3.21. The van der Waals surface area contributed by atoms with Crippen molar-refractivity contribution in [3.63, 3.8) is 0 Å². The molecule has 4 rings (SSSR count).